The van der Waals surface area contributed by atoms with Gasteiger partial charge in [0, 0.05) is 5.56 Å². The van der Waals surface area contributed by atoms with Crippen LogP contribution in [0.4, 0.5) is 0 Å². The van der Waals surface area contributed by atoms with Crippen LogP contribution in [0.2, 0.25) is 0 Å². The van der Waals surface area contributed by atoms with Crippen LogP contribution < -0.4 is 0 Å². The average Bonchev–Trinajstić information content (AvgIpc) is 2.87. The minimum absolute atomic E-state index is 0.363. The number of aromatic nitrogens is 2. The van der Waals surface area contributed by atoms with Gasteiger partial charge in [0.2, 0.25) is 0 Å². The van der Waals surface area contributed by atoms with E-state index in [0.29, 0.717) is 5.56 Å². The zero-order valence-corrected chi connectivity index (χ0v) is 18.4. The van der Waals surface area contributed by atoms with E-state index in [1.54, 1.807) is 12.3 Å². The number of hydrogen-bond donors (Lipinski definition) is 0. The molecule has 4 heteroatoms. The van der Waals surface area contributed by atoms with E-state index in [-0.39, 0.29) is 5.97 Å². The Morgan fingerprint density at radius 2 is 1.48 bits per heavy atom. The molecule has 160 valence electrons. The summed E-state index contributed by atoms with van der Waals surface area (Å²) in [6, 6.07) is 30.1. The molecule has 4 aromatic carbocycles. The third-order valence-corrected chi connectivity index (χ3v) is 5.70. The molecule has 0 amide bonds. The van der Waals surface area contributed by atoms with Gasteiger partial charge < -0.3 is 4.74 Å². The molecule has 0 spiro atoms. The number of carbonyl (C=O) groups excluding carboxylic acids is 1. The van der Waals surface area contributed by atoms with Crippen molar-refractivity contribution in [2.24, 2.45) is 0 Å². The monoisotopic (exact) mass is 430 g/mol. The van der Waals surface area contributed by atoms with Gasteiger partial charge in [-0.25, -0.2) is 9.78 Å². The molecule has 0 bridgehead atoms. The number of methoxy groups -OCH3 is 1. The first-order valence-electron chi connectivity index (χ1n) is 10.7. The zero-order chi connectivity index (χ0) is 22.8. The Bertz CT molecular complexity index is 1490. The van der Waals surface area contributed by atoms with Crippen molar-refractivity contribution in [3.63, 3.8) is 0 Å². The molecule has 1 heterocycles. The quantitative estimate of drug-likeness (QED) is 0.297. The molecule has 5 aromatic rings. The van der Waals surface area contributed by atoms with Gasteiger partial charge in [-0.2, -0.15) is 0 Å². The van der Waals surface area contributed by atoms with Crippen LogP contribution >= 0.6 is 0 Å². The Morgan fingerprint density at radius 3 is 2.30 bits per heavy atom. The number of aryl methyl sites for hydroxylation is 1. The fourth-order valence-corrected chi connectivity index (χ4v) is 4.02. The smallest absolute Gasteiger partial charge is 0.338 e. The molecule has 0 radical (unpaired) electrons. The lowest BCUT2D eigenvalue weighted by molar-refractivity contribution is 0.0601. The molecule has 33 heavy (non-hydrogen) atoms. The normalized spacial score (nSPS) is 10.8. The van der Waals surface area contributed by atoms with Gasteiger partial charge in [-0.1, -0.05) is 72.3 Å². The fraction of sp³-hybridized carbons (Fsp3) is 0.0690. The molecule has 5 rings (SSSR count). The number of ether oxygens (including phenoxy) is 1. The number of esters is 1. The van der Waals surface area contributed by atoms with Gasteiger partial charge in [0.25, 0.3) is 0 Å². The molecule has 0 fully saturated rings. The van der Waals surface area contributed by atoms with Crippen LogP contribution in [0.15, 0.2) is 97.2 Å². The summed E-state index contributed by atoms with van der Waals surface area (Å²) in [5.41, 5.74) is 9.13. The van der Waals surface area contributed by atoms with E-state index in [9.17, 15) is 4.79 Å². The van der Waals surface area contributed by atoms with Crippen LogP contribution in [-0.4, -0.2) is 23.0 Å². The highest BCUT2D eigenvalue weighted by Gasteiger charge is 2.13. The van der Waals surface area contributed by atoms with E-state index < -0.39 is 0 Å². The summed E-state index contributed by atoms with van der Waals surface area (Å²) >= 11 is 0. The SMILES string of the molecule is COC(=O)c1ccccc1-c1ccc2ncc(-c3cccc(-c4cccc(C)c4)c3)nc2c1. The highest BCUT2D eigenvalue weighted by Crippen LogP contribution is 2.29. The predicted octanol–water partition coefficient (Wildman–Crippen LogP) is 6.73. The molecule has 0 aliphatic heterocycles. The molecule has 1 aromatic heterocycles. The highest BCUT2D eigenvalue weighted by atomic mass is 16.5. The fourth-order valence-electron chi connectivity index (χ4n) is 4.02. The highest BCUT2D eigenvalue weighted by molar-refractivity contribution is 5.98. The van der Waals surface area contributed by atoms with E-state index >= 15 is 0 Å². The molecule has 0 saturated heterocycles. The van der Waals surface area contributed by atoms with Crippen molar-refractivity contribution in [3.05, 3.63) is 108 Å². The summed E-state index contributed by atoms with van der Waals surface area (Å²) in [6.45, 7) is 2.10. The average molecular weight is 431 g/mol. The van der Waals surface area contributed by atoms with Crippen molar-refractivity contribution in [2.75, 3.05) is 7.11 Å². The second-order valence-electron chi connectivity index (χ2n) is 7.95. The van der Waals surface area contributed by atoms with Gasteiger partial charge in [-0.15, -0.1) is 0 Å². The van der Waals surface area contributed by atoms with Crippen LogP contribution in [0.5, 0.6) is 0 Å². The largest absolute Gasteiger partial charge is 0.465 e. The molecule has 4 nitrogen and oxygen atoms in total. The lowest BCUT2D eigenvalue weighted by atomic mass is 9.99. The van der Waals surface area contributed by atoms with Crippen LogP contribution in [0, 0.1) is 6.92 Å². The molecule has 0 atom stereocenters. The topological polar surface area (TPSA) is 52.1 Å². The molecule has 0 saturated carbocycles. The van der Waals surface area contributed by atoms with Crippen LogP contribution in [-0.2, 0) is 4.74 Å². The number of benzene rings is 4. The minimum Gasteiger partial charge on any atom is -0.465 e. The van der Waals surface area contributed by atoms with Crippen molar-refractivity contribution >= 4 is 17.0 Å². The number of rotatable bonds is 4. The number of fused-ring (bicyclic) bond motifs is 1. The Labute approximate surface area is 192 Å². The summed E-state index contributed by atoms with van der Waals surface area (Å²) in [5, 5.41) is 0. The molecular weight excluding hydrogens is 408 g/mol. The van der Waals surface area contributed by atoms with Gasteiger partial charge >= 0.3 is 5.97 Å². The van der Waals surface area contributed by atoms with Crippen LogP contribution in [0.25, 0.3) is 44.5 Å². The third-order valence-electron chi connectivity index (χ3n) is 5.70. The van der Waals surface area contributed by atoms with Crippen molar-refractivity contribution in [1.29, 1.82) is 0 Å². The van der Waals surface area contributed by atoms with Crippen molar-refractivity contribution < 1.29 is 9.53 Å². The van der Waals surface area contributed by atoms with E-state index in [1.165, 1.54) is 18.2 Å². The number of carbonyl (C=O) groups is 1. The van der Waals surface area contributed by atoms with Crippen molar-refractivity contribution in [3.8, 4) is 33.5 Å². The van der Waals surface area contributed by atoms with Gasteiger partial charge in [-0.05, 0) is 53.4 Å². The summed E-state index contributed by atoms with van der Waals surface area (Å²) in [6.07, 6.45) is 1.81. The summed E-state index contributed by atoms with van der Waals surface area (Å²) in [4.78, 5) is 21.8. The van der Waals surface area contributed by atoms with E-state index in [0.717, 1.165) is 39.0 Å². The third kappa shape index (κ3) is 4.11. The van der Waals surface area contributed by atoms with E-state index in [2.05, 4.69) is 48.3 Å². The van der Waals surface area contributed by atoms with E-state index in [4.69, 9.17) is 9.72 Å². The van der Waals surface area contributed by atoms with Crippen molar-refractivity contribution in [2.45, 2.75) is 6.92 Å². The second kappa shape index (κ2) is 8.67. The maximum atomic E-state index is 12.2. The number of hydrogen-bond acceptors (Lipinski definition) is 4. The van der Waals surface area contributed by atoms with Crippen LogP contribution in [0.1, 0.15) is 15.9 Å². The zero-order valence-electron chi connectivity index (χ0n) is 18.4. The molecule has 0 aliphatic rings. The van der Waals surface area contributed by atoms with Gasteiger partial charge in [0.15, 0.2) is 0 Å². The Hall–Kier alpha value is -4.31. The maximum Gasteiger partial charge on any atom is 0.338 e. The molecule has 0 unspecified atom stereocenters. The Balaban J connectivity index is 1.57. The number of nitrogens with zero attached hydrogens (tertiary/aromatic N) is 2. The Morgan fingerprint density at radius 1 is 0.727 bits per heavy atom. The predicted molar refractivity (Wildman–Crippen MR) is 132 cm³/mol. The first-order chi connectivity index (χ1) is 16.1. The second-order valence-corrected chi connectivity index (χ2v) is 7.95. The van der Waals surface area contributed by atoms with Gasteiger partial charge in [-0.3, -0.25) is 4.98 Å². The maximum absolute atomic E-state index is 12.2. The van der Waals surface area contributed by atoms with Gasteiger partial charge in [0.1, 0.15) is 0 Å². The van der Waals surface area contributed by atoms with Crippen LogP contribution in [0.3, 0.4) is 0 Å². The van der Waals surface area contributed by atoms with E-state index in [1.807, 2.05) is 48.5 Å². The lowest BCUT2D eigenvalue weighted by Gasteiger charge is -2.10. The molecule has 0 aliphatic carbocycles. The standard InChI is InChI=1S/C29H22N2O2/c1-19-7-5-8-20(15-19)21-9-6-10-23(16-21)28-18-30-26-14-13-22(17-27(26)31-28)24-11-3-4-12-25(24)29(32)33-2/h3-18H,1-2H3. The first-order valence-corrected chi connectivity index (χ1v) is 10.7. The van der Waals surface area contributed by atoms with Crippen molar-refractivity contribution in [1.82, 2.24) is 9.97 Å². The summed E-state index contributed by atoms with van der Waals surface area (Å²) in [5.74, 6) is -0.363. The molecular formula is C29H22N2O2. The summed E-state index contributed by atoms with van der Waals surface area (Å²) < 4.78 is 4.95. The molecule has 0 N–H and O–H groups in total. The Kier molecular flexibility index (Phi) is 5.41. The summed E-state index contributed by atoms with van der Waals surface area (Å²) in [7, 11) is 1.39. The lowest BCUT2D eigenvalue weighted by Crippen LogP contribution is -2.03. The first kappa shape index (κ1) is 20.6. The minimum atomic E-state index is -0.363. The van der Waals surface area contributed by atoms with Gasteiger partial charge in [0.05, 0.1) is 35.6 Å².